The molecule has 0 saturated carbocycles. The topological polar surface area (TPSA) is 18.5 Å². The summed E-state index contributed by atoms with van der Waals surface area (Å²) in [5, 5.41) is 0. The van der Waals surface area contributed by atoms with E-state index in [1.807, 2.05) is 0 Å². The summed E-state index contributed by atoms with van der Waals surface area (Å²) in [6.45, 7) is 2.56. The van der Waals surface area contributed by atoms with Crippen molar-refractivity contribution in [1.29, 1.82) is 0 Å². The SMILES string of the molecule is FC(F)(F)CCCCCCCCCCCOCCC1CCCCO1. The van der Waals surface area contributed by atoms with Crippen LogP contribution in [0.25, 0.3) is 0 Å². The molecule has 1 atom stereocenters. The Kier molecular flexibility index (Phi) is 12.6. The third kappa shape index (κ3) is 14.1. The Hall–Kier alpha value is -0.290. The minimum atomic E-state index is -3.98. The molecule has 1 rings (SSSR count). The second-order valence-electron chi connectivity index (χ2n) is 6.94. The molecule has 0 bridgehead atoms. The lowest BCUT2D eigenvalue weighted by Crippen LogP contribution is -2.20. The minimum absolute atomic E-state index is 0.284. The number of hydrogen-bond donors (Lipinski definition) is 0. The predicted molar refractivity (Wildman–Crippen MR) is 91.3 cm³/mol. The molecule has 1 aliphatic rings. The van der Waals surface area contributed by atoms with E-state index in [2.05, 4.69) is 0 Å². The summed E-state index contributed by atoms with van der Waals surface area (Å²) in [7, 11) is 0. The molecular weight excluding hydrogens is 317 g/mol. The number of rotatable bonds is 14. The molecule has 0 aromatic heterocycles. The van der Waals surface area contributed by atoms with E-state index in [0.717, 1.165) is 51.9 Å². The zero-order chi connectivity index (χ0) is 17.5. The largest absolute Gasteiger partial charge is 0.389 e. The molecule has 1 unspecified atom stereocenters. The van der Waals surface area contributed by atoms with Gasteiger partial charge >= 0.3 is 6.18 Å². The fraction of sp³-hybridized carbons (Fsp3) is 1.00. The van der Waals surface area contributed by atoms with Crippen LogP contribution in [0, 0.1) is 0 Å². The highest BCUT2D eigenvalue weighted by molar-refractivity contribution is 4.62. The number of alkyl halides is 3. The van der Waals surface area contributed by atoms with Crippen molar-refractivity contribution in [3.05, 3.63) is 0 Å². The van der Waals surface area contributed by atoms with Crippen molar-refractivity contribution in [3.63, 3.8) is 0 Å². The van der Waals surface area contributed by atoms with Gasteiger partial charge in [0.2, 0.25) is 0 Å². The highest BCUT2D eigenvalue weighted by Crippen LogP contribution is 2.23. The second-order valence-corrected chi connectivity index (χ2v) is 6.94. The van der Waals surface area contributed by atoms with Crippen LogP contribution in [-0.4, -0.2) is 32.1 Å². The third-order valence-corrected chi connectivity index (χ3v) is 4.61. The normalized spacial score (nSPS) is 18.9. The summed E-state index contributed by atoms with van der Waals surface area (Å²) in [5.74, 6) is 0. The van der Waals surface area contributed by atoms with Crippen LogP contribution in [0.5, 0.6) is 0 Å². The molecule has 0 aromatic carbocycles. The van der Waals surface area contributed by atoms with Crippen LogP contribution < -0.4 is 0 Å². The molecular formula is C19H35F3O2. The van der Waals surface area contributed by atoms with E-state index in [4.69, 9.17) is 9.47 Å². The van der Waals surface area contributed by atoms with Crippen LogP contribution in [0.3, 0.4) is 0 Å². The van der Waals surface area contributed by atoms with Gasteiger partial charge in [-0.05, 0) is 38.5 Å². The lowest BCUT2D eigenvalue weighted by atomic mass is 10.1. The molecule has 2 nitrogen and oxygen atoms in total. The molecule has 1 aliphatic heterocycles. The zero-order valence-corrected chi connectivity index (χ0v) is 15.0. The van der Waals surface area contributed by atoms with Crippen LogP contribution in [-0.2, 0) is 9.47 Å². The van der Waals surface area contributed by atoms with Gasteiger partial charge in [0.1, 0.15) is 0 Å². The highest BCUT2D eigenvalue weighted by atomic mass is 19.4. The molecule has 0 aliphatic carbocycles. The van der Waals surface area contributed by atoms with Crippen LogP contribution in [0.15, 0.2) is 0 Å². The number of hydrogen-bond acceptors (Lipinski definition) is 2. The van der Waals surface area contributed by atoms with Gasteiger partial charge < -0.3 is 9.47 Å². The highest BCUT2D eigenvalue weighted by Gasteiger charge is 2.25. The van der Waals surface area contributed by atoms with Gasteiger partial charge in [0, 0.05) is 26.2 Å². The Balaban J connectivity index is 1.70. The summed E-state index contributed by atoms with van der Waals surface area (Å²) in [6, 6.07) is 0. The summed E-state index contributed by atoms with van der Waals surface area (Å²) in [5.41, 5.74) is 0. The second kappa shape index (κ2) is 13.9. The van der Waals surface area contributed by atoms with E-state index in [1.54, 1.807) is 0 Å². The summed E-state index contributed by atoms with van der Waals surface area (Å²) < 4.78 is 47.2. The first-order valence-electron chi connectivity index (χ1n) is 9.84. The van der Waals surface area contributed by atoms with Crippen LogP contribution in [0.4, 0.5) is 13.2 Å². The molecule has 0 radical (unpaired) electrons. The maximum Gasteiger partial charge on any atom is 0.389 e. The molecule has 5 heteroatoms. The monoisotopic (exact) mass is 352 g/mol. The Bertz CT molecular complexity index is 276. The molecule has 24 heavy (non-hydrogen) atoms. The van der Waals surface area contributed by atoms with Crippen molar-refractivity contribution in [1.82, 2.24) is 0 Å². The zero-order valence-electron chi connectivity index (χ0n) is 15.0. The average Bonchev–Trinajstić information content (AvgIpc) is 2.55. The lowest BCUT2D eigenvalue weighted by molar-refractivity contribution is -0.135. The van der Waals surface area contributed by atoms with Gasteiger partial charge in [-0.15, -0.1) is 0 Å². The van der Waals surface area contributed by atoms with Crippen molar-refractivity contribution in [2.45, 2.75) is 102 Å². The smallest absolute Gasteiger partial charge is 0.381 e. The first-order chi connectivity index (χ1) is 11.6. The van der Waals surface area contributed by atoms with E-state index in [1.165, 1.54) is 38.5 Å². The van der Waals surface area contributed by atoms with Gasteiger partial charge in [-0.1, -0.05) is 44.9 Å². The Labute approximate surface area is 145 Å². The number of halogens is 3. The maximum atomic E-state index is 12.0. The molecule has 0 amide bonds. The lowest BCUT2D eigenvalue weighted by Gasteiger charge is -2.22. The van der Waals surface area contributed by atoms with Crippen molar-refractivity contribution in [2.24, 2.45) is 0 Å². The quantitative estimate of drug-likeness (QED) is 0.336. The van der Waals surface area contributed by atoms with E-state index in [0.29, 0.717) is 12.5 Å². The third-order valence-electron chi connectivity index (χ3n) is 4.61. The first kappa shape index (κ1) is 21.8. The van der Waals surface area contributed by atoms with Gasteiger partial charge in [0.15, 0.2) is 0 Å². The first-order valence-corrected chi connectivity index (χ1v) is 9.84. The molecule has 0 N–H and O–H groups in total. The van der Waals surface area contributed by atoms with Crippen molar-refractivity contribution >= 4 is 0 Å². The Morgan fingerprint density at radius 2 is 1.42 bits per heavy atom. The van der Waals surface area contributed by atoms with Gasteiger partial charge in [-0.3, -0.25) is 0 Å². The van der Waals surface area contributed by atoms with Crippen molar-refractivity contribution in [3.8, 4) is 0 Å². The predicted octanol–water partition coefficient (Wildman–Crippen LogP) is 6.43. The van der Waals surface area contributed by atoms with Crippen LogP contribution in [0.2, 0.25) is 0 Å². The van der Waals surface area contributed by atoms with E-state index < -0.39 is 12.6 Å². The molecule has 1 fully saturated rings. The molecule has 144 valence electrons. The summed E-state index contributed by atoms with van der Waals surface area (Å²) in [4.78, 5) is 0. The fourth-order valence-corrected chi connectivity index (χ4v) is 3.12. The van der Waals surface area contributed by atoms with E-state index >= 15 is 0 Å². The van der Waals surface area contributed by atoms with Crippen molar-refractivity contribution < 1.29 is 22.6 Å². The van der Waals surface area contributed by atoms with Crippen molar-refractivity contribution in [2.75, 3.05) is 19.8 Å². The van der Waals surface area contributed by atoms with Gasteiger partial charge in [0.05, 0.1) is 6.10 Å². The molecule has 1 heterocycles. The summed E-state index contributed by atoms with van der Waals surface area (Å²) >= 11 is 0. The molecule has 0 spiro atoms. The number of ether oxygens (including phenoxy) is 2. The Morgan fingerprint density at radius 1 is 0.792 bits per heavy atom. The minimum Gasteiger partial charge on any atom is -0.381 e. The average molecular weight is 352 g/mol. The van der Waals surface area contributed by atoms with Crippen LogP contribution in [0.1, 0.15) is 89.9 Å². The van der Waals surface area contributed by atoms with Gasteiger partial charge in [-0.2, -0.15) is 13.2 Å². The fourth-order valence-electron chi connectivity index (χ4n) is 3.12. The van der Waals surface area contributed by atoms with Gasteiger partial charge in [-0.25, -0.2) is 0 Å². The van der Waals surface area contributed by atoms with Gasteiger partial charge in [0.25, 0.3) is 0 Å². The Morgan fingerprint density at radius 3 is 2.00 bits per heavy atom. The maximum absolute atomic E-state index is 12.0. The standard InChI is InChI=1S/C19H35F3O2/c20-19(21,22)14-9-6-4-2-1-3-5-7-10-15-23-17-13-18-12-8-11-16-24-18/h18H,1-17H2. The van der Waals surface area contributed by atoms with E-state index in [-0.39, 0.29) is 6.42 Å². The molecule has 0 aromatic rings. The van der Waals surface area contributed by atoms with Crippen LogP contribution >= 0.6 is 0 Å². The summed E-state index contributed by atoms with van der Waals surface area (Å²) in [6.07, 6.45) is 9.32. The van der Waals surface area contributed by atoms with E-state index in [9.17, 15) is 13.2 Å². The molecule has 1 saturated heterocycles. The number of unbranched alkanes of at least 4 members (excludes halogenated alkanes) is 8.